The van der Waals surface area contributed by atoms with Gasteiger partial charge in [0.2, 0.25) is 0 Å². The number of carbonyl (C=O) groups is 1. The van der Waals surface area contributed by atoms with Crippen LogP contribution in [0, 0.1) is 0 Å². The Labute approximate surface area is 146 Å². The monoisotopic (exact) mass is 384 g/mol. The Kier molecular flexibility index (Phi) is 5.68. The van der Waals surface area contributed by atoms with E-state index in [2.05, 4.69) is 27.8 Å². The lowest BCUT2D eigenvalue weighted by Gasteiger charge is -2.29. The van der Waals surface area contributed by atoms with Crippen molar-refractivity contribution >= 4 is 22.0 Å². The summed E-state index contributed by atoms with van der Waals surface area (Å²) in [6.45, 7) is 9.46. The maximum absolute atomic E-state index is 12.2. The summed E-state index contributed by atoms with van der Waals surface area (Å²) < 4.78 is 12.6. The number of pyridine rings is 1. The second-order valence-electron chi connectivity index (χ2n) is 6.99. The average Bonchev–Trinajstić information content (AvgIpc) is 2.89. The lowest BCUT2D eigenvalue weighted by Crippen LogP contribution is -2.40. The van der Waals surface area contributed by atoms with Crippen LogP contribution in [0.25, 0.3) is 0 Å². The summed E-state index contributed by atoms with van der Waals surface area (Å²) in [6, 6.07) is 2.00. The van der Waals surface area contributed by atoms with Crippen molar-refractivity contribution in [3.05, 3.63) is 28.5 Å². The number of aromatic nitrogens is 1. The number of rotatable bonds is 4. The number of hydrogen-bond donors (Lipinski definition) is 0. The maximum Gasteiger partial charge on any atom is 0.410 e. The van der Waals surface area contributed by atoms with Crippen LogP contribution in [0.1, 0.15) is 46.1 Å². The molecule has 1 saturated heterocycles. The van der Waals surface area contributed by atoms with Gasteiger partial charge in [-0.3, -0.25) is 4.98 Å². The average molecular weight is 385 g/mol. The Morgan fingerprint density at radius 3 is 2.78 bits per heavy atom. The van der Waals surface area contributed by atoms with E-state index in [-0.39, 0.29) is 11.7 Å². The van der Waals surface area contributed by atoms with Gasteiger partial charge in [-0.2, -0.15) is 0 Å². The molecule has 0 saturated carbocycles. The lowest BCUT2D eigenvalue weighted by molar-refractivity contribution is -0.0528. The third-order valence-corrected chi connectivity index (χ3v) is 4.35. The molecule has 5 nitrogen and oxygen atoms in total. The number of hydrogen-bond acceptors (Lipinski definition) is 4. The number of likely N-dealkylation sites (tertiary alicyclic amines) is 1. The minimum Gasteiger partial charge on any atom is -0.444 e. The molecular weight excluding hydrogens is 360 g/mol. The van der Waals surface area contributed by atoms with Crippen LogP contribution in [-0.2, 0) is 16.1 Å². The summed E-state index contributed by atoms with van der Waals surface area (Å²) in [5, 5.41) is 0. The van der Waals surface area contributed by atoms with Crippen molar-refractivity contribution in [2.24, 2.45) is 0 Å². The smallest absolute Gasteiger partial charge is 0.410 e. The van der Waals surface area contributed by atoms with E-state index in [1.807, 2.05) is 26.8 Å². The third-order valence-electron chi connectivity index (χ3n) is 3.92. The highest BCUT2D eigenvalue weighted by Crippen LogP contribution is 2.31. The SMILES string of the molecule is CCC1(OCc2cncc(Br)c2)CCN(C(=O)OC(C)(C)C)C1. The van der Waals surface area contributed by atoms with E-state index in [0.717, 1.165) is 22.9 Å². The molecule has 1 fully saturated rings. The molecule has 1 aliphatic heterocycles. The molecule has 1 atom stereocenters. The molecule has 1 aliphatic rings. The van der Waals surface area contributed by atoms with Gasteiger partial charge in [-0.1, -0.05) is 6.92 Å². The van der Waals surface area contributed by atoms with Gasteiger partial charge in [0.1, 0.15) is 5.60 Å². The van der Waals surface area contributed by atoms with Crippen molar-refractivity contribution in [3.8, 4) is 0 Å². The fourth-order valence-corrected chi connectivity index (χ4v) is 3.02. The Hall–Kier alpha value is -1.14. The van der Waals surface area contributed by atoms with Gasteiger partial charge in [-0.25, -0.2) is 4.79 Å². The minimum atomic E-state index is -0.475. The minimum absolute atomic E-state index is 0.263. The molecule has 0 N–H and O–H groups in total. The quantitative estimate of drug-likeness (QED) is 0.782. The first kappa shape index (κ1) is 18.2. The van der Waals surface area contributed by atoms with Crippen LogP contribution < -0.4 is 0 Å². The van der Waals surface area contributed by atoms with Crippen LogP contribution in [0.15, 0.2) is 22.9 Å². The Balaban J connectivity index is 1.96. The first-order valence-corrected chi connectivity index (χ1v) is 8.74. The zero-order valence-electron chi connectivity index (χ0n) is 14.3. The first-order chi connectivity index (χ1) is 10.7. The van der Waals surface area contributed by atoms with E-state index in [9.17, 15) is 4.79 Å². The Morgan fingerprint density at radius 2 is 2.17 bits per heavy atom. The van der Waals surface area contributed by atoms with Gasteiger partial charge in [0.25, 0.3) is 0 Å². The van der Waals surface area contributed by atoms with Crippen LogP contribution in [0.5, 0.6) is 0 Å². The zero-order chi connectivity index (χ0) is 17.1. The normalized spacial score (nSPS) is 21.5. The van der Waals surface area contributed by atoms with Gasteiger partial charge < -0.3 is 14.4 Å². The highest BCUT2D eigenvalue weighted by atomic mass is 79.9. The maximum atomic E-state index is 12.2. The van der Waals surface area contributed by atoms with Crippen LogP contribution in [0.2, 0.25) is 0 Å². The molecule has 0 spiro atoms. The summed E-state index contributed by atoms with van der Waals surface area (Å²) in [4.78, 5) is 18.1. The molecule has 0 aliphatic carbocycles. The largest absolute Gasteiger partial charge is 0.444 e. The summed E-state index contributed by atoms with van der Waals surface area (Å²) in [6.07, 6.45) is 4.96. The van der Waals surface area contributed by atoms with Crippen LogP contribution >= 0.6 is 15.9 Å². The number of nitrogens with zero attached hydrogens (tertiary/aromatic N) is 2. The first-order valence-electron chi connectivity index (χ1n) is 7.94. The van der Waals surface area contributed by atoms with Crippen LogP contribution in [-0.4, -0.2) is 40.3 Å². The summed E-state index contributed by atoms with van der Waals surface area (Å²) >= 11 is 3.42. The highest BCUT2D eigenvalue weighted by molar-refractivity contribution is 9.10. The van der Waals surface area contributed by atoms with E-state index in [0.29, 0.717) is 19.7 Å². The molecule has 0 aromatic carbocycles. The fourth-order valence-electron chi connectivity index (χ4n) is 2.61. The van der Waals surface area contributed by atoms with E-state index < -0.39 is 5.60 Å². The summed E-state index contributed by atoms with van der Waals surface area (Å²) in [5.74, 6) is 0. The van der Waals surface area contributed by atoms with Crippen LogP contribution in [0.4, 0.5) is 4.79 Å². The topological polar surface area (TPSA) is 51.7 Å². The molecule has 6 heteroatoms. The molecule has 2 rings (SSSR count). The van der Waals surface area contributed by atoms with Gasteiger partial charge in [-0.05, 0) is 61.2 Å². The molecule has 1 aromatic heterocycles. The molecule has 23 heavy (non-hydrogen) atoms. The zero-order valence-corrected chi connectivity index (χ0v) is 15.9. The number of amides is 1. The van der Waals surface area contributed by atoms with E-state index in [4.69, 9.17) is 9.47 Å². The molecule has 0 radical (unpaired) electrons. The van der Waals surface area contributed by atoms with Crippen molar-refractivity contribution < 1.29 is 14.3 Å². The number of halogens is 1. The summed E-state index contributed by atoms with van der Waals surface area (Å²) in [7, 11) is 0. The Morgan fingerprint density at radius 1 is 1.43 bits per heavy atom. The molecule has 0 bridgehead atoms. The predicted octanol–water partition coefficient (Wildman–Crippen LogP) is 4.15. The fraction of sp³-hybridized carbons (Fsp3) is 0.647. The van der Waals surface area contributed by atoms with Gasteiger partial charge in [0.05, 0.1) is 18.8 Å². The number of carbonyl (C=O) groups excluding carboxylic acids is 1. The van der Waals surface area contributed by atoms with Crippen molar-refractivity contribution in [2.45, 2.75) is 58.3 Å². The number of ether oxygens (including phenoxy) is 2. The van der Waals surface area contributed by atoms with Gasteiger partial charge in [-0.15, -0.1) is 0 Å². The van der Waals surface area contributed by atoms with Crippen molar-refractivity contribution in [2.75, 3.05) is 13.1 Å². The second-order valence-corrected chi connectivity index (χ2v) is 7.90. The van der Waals surface area contributed by atoms with Crippen molar-refractivity contribution in [1.29, 1.82) is 0 Å². The van der Waals surface area contributed by atoms with E-state index >= 15 is 0 Å². The van der Waals surface area contributed by atoms with E-state index in [1.54, 1.807) is 17.3 Å². The van der Waals surface area contributed by atoms with Crippen molar-refractivity contribution in [3.63, 3.8) is 0 Å². The standard InChI is InChI=1S/C17H25BrN2O3/c1-5-17(22-11-13-8-14(18)10-19-9-13)6-7-20(12-17)15(21)23-16(2,3)4/h8-10H,5-7,11-12H2,1-4H3. The van der Waals surface area contributed by atoms with Gasteiger partial charge >= 0.3 is 6.09 Å². The second kappa shape index (κ2) is 7.18. The summed E-state index contributed by atoms with van der Waals surface area (Å²) in [5.41, 5.74) is 0.235. The molecule has 1 amide bonds. The van der Waals surface area contributed by atoms with Gasteiger partial charge in [0, 0.05) is 23.4 Å². The highest BCUT2D eigenvalue weighted by Gasteiger charge is 2.41. The Bertz CT molecular complexity index is 559. The molecule has 1 aromatic rings. The van der Waals surface area contributed by atoms with Crippen molar-refractivity contribution in [1.82, 2.24) is 9.88 Å². The molecule has 128 valence electrons. The molecule has 2 heterocycles. The van der Waals surface area contributed by atoms with Crippen LogP contribution in [0.3, 0.4) is 0 Å². The lowest BCUT2D eigenvalue weighted by atomic mass is 10.00. The molecule has 1 unspecified atom stereocenters. The molecular formula is C17H25BrN2O3. The predicted molar refractivity (Wildman–Crippen MR) is 92.2 cm³/mol. The van der Waals surface area contributed by atoms with Gasteiger partial charge in [0.15, 0.2) is 0 Å². The third kappa shape index (κ3) is 5.18. The van der Waals surface area contributed by atoms with E-state index in [1.165, 1.54) is 0 Å².